The van der Waals surface area contributed by atoms with E-state index in [-0.39, 0.29) is 5.82 Å². The first-order valence-corrected chi connectivity index (χ1v) is 6.80. The van der Waals surface area contributed by atoms with E-state index in [9.17, 15) is 4.39 Å². The second-order valence-corrected chi connectivity index (χ2v) is 5.25. The summed E-state index contributed by atoms with van der Waals surface area (Å²) in [5.41, 5.74) is 0.322. The first-order valence-electron chi connectivity index (χ1n) is 6.80. The molecule has 1 aliphatic heterocycles. The van der Waals surface area contributed by atoms with Crippen molar-refractivity contribution in [2.45, 2.75) is 32.6 Å². The van der Waals surface area contributed by atoms with E-state index in [4.69, 9.17) is 0 Å². The van der Waals surface area contributed by atoms with Crippen molar-refractivity contribution < 1.29 is 4.39 Å². The van der Waals surface area contributed by atoms with Crippen LogP contribution in [0, 0.1) is 11.2 Å². The summed E-state index contributed by atoms with van der Waals surface area (Å²) < 4.78 is 12.8. The Bertz CT molecular complexity index is 352. The number of nitrogens with zero attached hydrogens (tertiary/aromatic N) is 1. The van der Waals surface area contributed by atoms with Crippen molar-refractivity contribution in [3.63, 3.8) is 0 Å². The highest BCUT2D eigenvalue weighted by Gasteiger charge is 2.30. The van der Waals surface area contributed by atoms with Crippen LogP contribution in [-0.4, -0.2) is 24.6 Å². The summed E-state index contributed by atoms with van der Waals surface area (Å²) in [6.07, 6.45) is 6.16. The largest absolute Gasteiger partial charge is 0.369 e. The van der Waals surface area contributed by atoms with Gasteiger partial charge in [0, 0.05) is 18.5 Å². The predicted molar refractivity (Wildman–Crippen MR) is 72.1 cm³/mol. The molecular weight excluding hydrogens is 229 g/mol. The molecule has 0 radical (unpaired) electrons. The van der Waals surface area contributed by atoms with Gasteiger partial charge in [0.25, 0.3) is 0 Å². The molecule has 1 aromatic rings. The van der Waals surface area contributed by atoms with E-state index in [0.717, 1.165) is 25.5 Å². The van der Waals surface area contributed by atoms with Crippen molar-refractivity contribution in [2.75, 3.05) is 25.0 Å². The van der Waals surface area contributed by atoms with Crippen molar-refractivity contribution >= 4 is 5.82 Å². The molecule has 3 nitrogen and oxygen atoms in total. The minimum atomic E-state index is -0.289. The Labute approximate surface area is 108 Å². The highest BCUT2D eigenvalue weighted by molar-refractivity contribution is 5.33. The maximum atomic E-state index is 12.8. The Balaban J connectivity index is 1.94. The van der Waals surface area contributed by atoms with Gasteiger partial charge in [0.1, 0.15) is 11.6 Å². The average Bonchev–Trinajstić information content (AvgIpc) is 2.40. The molecule has 0 bridgehead atoms. The number of anilines is 1. The molecule has 1 fully saturated rings. The first kappa shape index (κ1) is 13.3. The lowest BCUT2D eigenvalue weighted by molar-refractivity contribution is 0.206. The van der Waals surface area contributed by atoms with Crippen molar-refractivity contribution in [3.05, 3.63) is 24.1 Å². The van der Waals surface area contributed by atoms with Gasteiger partial charge in [-0.1, -0.05) is 13.3 Å². The summed E-state index contributed by atoms with van der Waals surface area (Å²) in [5, 5.41) is 6.83. The summed E-state index contributed by atoms with van der Waals surface area (Å²) in [6, 6.07) is 3.15. The van der Waals surface area contributed by atoms with Crippen molar-refractivity contribution in [1.82, 2.24) is 10.3 Å². The molecule has 0 saturated carbocycles. The lowest BCUT2D eigenvalue weighted by Crippen LogP contribution is -2.44. The fraction of sp³-hybridized carbons (Fsp3) is 0.643. The molecule has 0 aromatic carbocycles. The number of piperidine rings is 1. The maximum absolute atomic E-state index is 12.8. The number of nitrogens with one attached hydrogen (secondary N) is 2. The second kappa shape index (κ2) is 6.14. The van der Waals surface area contributed by atoms with Crippen molar-refractivity contribution in [2.24, 2.45) is 5.41 Å². The van der Waals surface area contributed by atoms with Gasteiger partial charge in [-0.3, -0.25) is 0 Å². The summed E-state index contributed by atoms with van der Waals surface area (Å²) in [5.74, 6) is 0.473. The Morgan fingerprint density at radius 3 is 3.00 bits per heavy atom. The number of hydrogen-bond donors (Lipinski definition) is 2. The second-order valence-electron chi connectivity index (χ2n) is 5.25. The molecular formula is C14H22FN3. The summed E-state index contributed by atoms with van der Waals surface area (Å²) >= 11 is 0. The van der Waals surface area contributed by atoms with Crippen LogP contribution in [0.15, 0.2) is 18.3 Å². The van der Waals surface area contributed by atoms with Crippen molar-refractivity contribution in [3.8, 4) is 0 Å². The minimum Gasteiger partial charge on any atom is -0.369 e. The van der Waals surface area contributed by atoms with Crippen LogP contribution in [-0.2, 0) is 0 Å². The maximum Gasteiger partial charge on any atom is 0.141 e. The van der Waals surface area contributed by atoms with Gasteiger partial charge < -0.3 is 10.6 Å². The monoisotopic (exact) mass is 251 g/mol. The zero-order valence-electron chi connectivity index (χ0n) is 11.0. The first-order chi connectivity index (χ1) is 8.74. The van der Waals surface area contributed by atoms with Gasteiger partial charge in [-0.25, -0.2) is 9.37 Å². The lowest BCUT2D eigenvalue weighted by Gasteiger charge is -2.38. The van der Waals surface area contributed by atoms with Crippen LogP contribution in [0.2, 0.25) is 0 Å². The Hall–Kier alpha value is -1.16. The van der Waals surface area contributed by atoms with Crippen LogP contribution in [0.3, 0.4) is 0 Å². The highest BCUT2D eigenvalue weighted by Crippen LogP contribution is 2.31. The topological polar surface area (TPSA) is 37.0 Å². The molecule has 2 rings (SSSR count). The van der Waals surface area contributed by atoms with Crippen LogP contribution in [0.5, 0.6) is 0 Å². The average molecular weight is 251 g/mol. The number of rotatable bonds is 5. The fourth-order valence-corrected chi connectivity index (χ4v) is 2.77. The van der Waals surface area contributed by atoms with E-state index in [1.54, 1.807) is 6.07 Å². The number of halogens is 1. The molecule has 1 atom stereocenters. The van der Waals surface area contributed by atoms with E-state index in [1.807, 2.05) is 0 Å². The highest BCUT2D eigenvalue weighted by atomic mass is 19.1. The van der Waals surface area contributed by atoms with Crippen molar-refractivity contribution in [1.29, 1.82) is 0 Å². The van der Waals surface area contributed by atoms with Crippen LogP contribution in [0.25, 0.3) is 0 Å². The molecule has 0 amide bonds. The van der Waals surface area contributed by atoms with Crippen LogP contribution >= 0.6 is 0 Å². The van der Waals surface area contributed by atoms with E-state index >= 15 is 0 Å². The van der Waals surface area contributed by atoms with Crippen LogP contribution in [0.1, 0.15) is 32.6 Å². The molecule has 0 spiro atoms. The van der Waals surface area contributed by atoms with Gasteiger partial charge in [-0.05, 0) is 37.9 Å². The molecule has 2 heterocycles. The fourth-order valence-electron chi connectivity index (χ4n) is 2.77. The number of hydrogen-bond acceptors (Lipinski definition) is 3. The van der Waals surface area contributed by atoms with Gasteiger partial charge >= 0.3 is 0 Å². The zero-order chi connectivity index (χ0) is 12.8. The molecule has 1 aromatic heterocycles. The molecule has 1 aliphatic rings. The smallest absolute Gasteiger partial charge is 0.141 e. The Morgan fingerprint density at radius 1 is 1.50 bits per heavy atom. The molecule has 0 aliphatic carbocycles. The van der Waals surface area contributed by atoms with Gasteiger partial charge in [-0.2, -0.15) is 0 Å². The van der Waals surface area contributed by atoms with Gasteiger partial charge in [0.05, 0.1) is 6.20 Å². The zero-order valence-corrected chi connectivity index (χ0v) is 11.0. The molecule has 100 valence electrons. The summed E-state index contributed by atoms with van der Waals surface area (Å²) in [7, 11) is 0. The predicted octanol–water partition coefficient (Wildman–Crippen LogP) is 2.80. The van der Waals surface area contributed by atoms with E-state index in [2.05, 4.69) is 22.5 Å². The summed E-state index contributed by atoms with van der Waals surface area (Å²) in [4.78, 5) is 4.05. The third-order valence-corrected chi connectivity index (χ3v) is 3.71. The molecule has 1 unspecified atom stereocenters. The van der Waals surface area contributed by atoms with Gasteiger partial charge in [-0.15, -0.1) is 0 Å². The SMILES string of the molecule is CCCC1(CNc2ccc(F)cn2)CCCNC1. The standard InChI is InChI=1S/C14H22FN3/c1-2-6-14(7-3-8-16-10-14)11-18-13-5-4-12(15)9-17-13/h4-5,9,16H,2-3,6-8,10-11H2,1H3,(H,17,18). The molecule has 2 N–H and O–H groups in total. The quantitative estimate of drug-likeness (QED) is 0.845. The van der Waals surface area contributed by atoms with E-state index < -0.39 is 0 Å². The lowest BCUT2D eigenvalue weighted by atomic mass is 9.77. The van der Waals surface area contributed by atoms with E-state index in [0.29, 0.717) is 5.41 Å². The van der Waals surface area contributed by atoms with Crippen LogP contribution in [0.4, 0.5) is 10.2 Å². The number of aromatic nitrogens is 1. The molecule has 4 heteroatoms. The molecule has 18 heavy (non-hydrogen) atoms. The molecule has 1 saturated heterocycles. The van der Waals surface area contributed by atoms with Crippen LogP contribution < -0.4 is 10.6 Å². The van der Waals surface area contributed by atoms with Gasteiger partial charge in [0.15, 0.2) is 0 Å². The Kier molecular flexibility index (Phi) is 4.53. The van der Waals surface area contributed by atoms with Gasteiger partial charge in [0.2, 0.25) is 0 Å². The van der Waals surface area contributed by atoms with E-state index in [1.165, 1.54) is 37.9 Å². The summed E-state index contributed by atoms with van der Waals surface area (Å²) in [6.45, 7) is 5.33. The number of pyridine rings is 1. The Morgan fingerprint density at radius 2 is 2.39 bits per heavy atom. The third-order valence-electron chi connectivity index (χ3n) is 3.71. The third kappa shape index (κ3) is 3.42. The minimum absolute atomic E-state index is 0.289. The normalized spacial score (nSPS) is 23.9.